The Labute approximate surface area is 200 Å². The van der Waals surface area contributed by atoms with Crippen molar-refractivity contribution in [2.45, 2.75) is 18.9 Å². The number of hydrogen-bond donors (Lipinski definition) is 2. The van der Waals surface area contributed by atoms with Crippen LogP contribution in [0.15, 0.2) is 84.2 Å². The standard InChI is InChI=1S/C26H21ClN4OS/c27-20-11-5-4-10-19(20)26-28-18(16-33-26)15-24(32)29-23(14-17-8-2-1-3-9-17)25-30-21-12-6-7-13-22(21)31-25/h1-13,16,23H,14-15H2,(H,29,32)(H,30,31). The first-order valence-corrected chi connectivity index (χ1v) is 11.9. The second kappa shape index (κ2) is 9.57. The molecule has 0 saturated carbocycles. The van der Waals surface area contributed by atoms with Gasteiger partial charge in [0.1, 0.15) is 10.8 Å². The van der Waals surface area contributed by atoms with Crippen LogP contribution >= 0.6 is 22.9 Å². The van der Waals surface area contributed by atoms with Crippen LogP contribution in [0.2, 0.25) is 5.02 Å². The molecule has 0 bridgehead atoms. The van der Waals surface area contributed by atoms with Gasteiger partial charge in [-0.2, -0.15) is 0 Å². The average Bonchev–Trinajstić information content (AvgIpc) is 3.47. The molecule has 0 radical (unpaired) electrons. The minimum absolute atomic E-state index is 0.104. The van der Waals surface area contributed by atoms with E-state index in [0.717, 1.165) is 38.7 Å². The van der Waals surface area contributed by atoms with E-state index < -0.39 is 0 Å². The first-order chi connectivity index (χ1) is 16.2. The van der Waals surface area contributed by atoms with E-state index in [1.807, 2.05) is 72.1 Å². The van der Waals surface area contributed by atoms with Crippen LogP contribution in [-0.4, -0.2) is 20.9 Å². The Hall–Kier alpha value is -3.48. The molecule has 0 aliphatic heterocycles. The highest BCUT2D eigenvalue weighted by Crippen LogP contribution is 2.30. The third-order valence-corrected chi connectivity index (χ3v) is 6.61. The molecule has 7 heteroatoms. The predicted octanol–water partition coefficient (Wildman–Crippen LogP) is 5.98. The van der Waals surface area contributed by atoms with Gasteiger partial charge in [0, 0.05) is 10.9 Å². The summed E-state index contributed by atoms with van der Waals surface area (Å²) in [6.07, 6.45) is 0.820. The zero-order valence-corrected chi connectivity index (χ0v) is 19.2. The molecule has 2 N–H and O–H groups in total. The number of rotatable bonds is 7. The van der Waals surface area contributed by atoms with Crippen molar-refractivity contribution in [2.24, 2.45) is 0 Å². The number of thiazole rings is 1. The maximum absolute atomic E-state index is 13.0. The van der Waals surface area contributed by atoms with Gasteiger partial charge in [-0.25, -0.2) is 9.97 Å². The van der Waals surface area contributed by atoms with Crippen molar-refractivity contribution in [1.29, 1.82) is 0 Å². The SMILES string of the molecule is O=C(Cc1csc(-c2ccccc2Cl)n1)NC(Cc1ccccc1)c1nc2ccccc2[nH]1. The number of carbonyl (C=O) groups is 1. The van der Waals surface area contributed by atoms with Crippen molar-refractivity contribution in [3.63, 3.8) is 0 Å². The third-order valence-electron chi connectivity index (χ3n) is 5.35. The number of nitrogens with zero attached hydrogens (tertiary/aromatic N) is 2. The molecule has 164 valence electrons. The van der Waals surface area contributed by atoms with Crippen molar-refractivity contribution in [1.82, 2.24) is 20.3 Å². The highest BCUT2D eigenvalue weighted by Gasteiger charge is 2.20. The van der Waals surface area contributed by atoms with Crippen LogP contribution in [0, 0.1) is 0 Å². The Bertz CT molecular complexity index is 1360. The third kappa shape index (κ3) is 4.97. The van der Waals surface area contributed by atoms with Crippen LogP contribution in [0.25, 0.3) is 21.6 Å². The highest BCUT2D eigenvalue weighted by molar-refractivity contribution is 7.13. The number of benzene rings is 3. The van der Waals surface area contributed by atoms with Gasteiger partial charge in [-0.15, -0.1) is 11.3 Å². The van der Waals surface area contributed by atoms with E-state index in [1.54, 1.807) is 0 Å². The molecule has 5 aromatic rings. The van der Waals surface area contributed by atoms with Gasteiger partial charge >= 0.3 is 0 Å². The lowest BCUT2D eigenvalue weighted by atomic mass is 10.1. The van der Waals surface area contributed by atoms with E-state index in [9.17, 15) is 4.79 Å². The molecule has 5 rings (SSSR count). The van der Waals surface area contributed by atoms with Crippen molar-refractivity contribution in [2.75, 3.05) is 0 Å². The van der Waals surface area contributed by atoms with Crippen LogP contribution in [-0.2, 0) is 17.6 Å². The predicted molar refractivity (Wildman–Crippen MR) is 133 cm³/mol. The Kier molecular flexibility index (Phi) is 6.19. The Morgan fingerprint density at radius 1 is 0.970 bits per heavy atom. The van der Waals surface area contributed by atoms with E-state index in [0.29, 0.717) is 11.4 Å². The molecule has 0 aliphatic rings. The molecule has 2 heterocycles. The number of halogens is 1. The lowest BCUT2D eigenvalue weighted by Gasteiger charge is -2.17. The number of aromatic nitrogens is 3. The molecule has 1 unspecified atom stereocenters. The number of imidazole rings is 1. The highest BCUT2D eigenvalue weighted by atomic mass is 35.5. The summed E-state index contributed by atoms with van der Waals surface area (Å²) in [6.45, 7) is 0. The molecule has 3 aromatic carbocycles. The summed E-state index contributed by atoms with van der Waals surface area (Å²) in [5, 5.41) is 6.52. The molecule has 2 aromatic heterocycles. The summed E-state index contributed by atoms with van der Waals surface area (Å²) < 4.78 is 0. The number of aromatic amines is 1. The number of fused-ring (bicyclic) bond motifs is 1. The minimum atomic E-state index is -0.283. The first-order valence-electron chi connectivity index (χ1n) is 10.6. The molecule has 0 fully saturated rings. The van der Waals surface area contributed by atoms with E-state index in [2.05, 4.69) is 27.4 Å². The van der Waals surface area contributed by atoms with Crippen molar-refractivity contribution in [3.8, 4) is 10.6 Å². The number of para-hydroxylation sites is 2. The topological polar surface area (TPSA) is 70.7 Å². The quantitative estimate of drug-likeness (QED) is 0.306. The van der Waals surface area contributed by atoms with Crippen LogP contribution in [0.5, 0.6) is 0 Å². The van der Waals surface area contributed by atoms with Gasteiger partial charge in [0.25, 0.3) is 0 Å². The normalized spacial score (nSPS) is 12.0. The molecule has 5 nitrogen and oxygen atoms in total. The largest absolute Gasteiger partial charge is 0.345 e. The Morgan fingerprint density at radius 2 is 1.73 bits per heavy atom. The average molecular weight is 473 g/mol. The van der Waals surface area contributed by atoms with E-state index >= 15 is 0 Å². The Morgan fingerprint density at radius 3 is 2.55 bits per heavy atom. The lowest BCUT2D eigenvalue weighted by molar-refractivity contribution is -0.121. The number of nitrogens with one attached hydrogen (secondary N) is 2. The second-order valence-electron chi connectivity index (χ2n) is 7.75. The van der Waals surface area contributed by atoms with Crippen molar-refractivity contribution in [3.05, 3.63) is 106 Å². The van der Waals surface area contributed by atoms with Crippen molar-refractivity contribution >= 4 is 39.9 Å². The van der Waals surface area contributed by atoms with Gasteiger partial charge in [0.15, 0.2) is 0 Å². The summed E-state index contributed by atoms with van der Waals surface area (Å²) in [7, 11) is 0. The molecule has 1 amide bonds. The number of hydrogen-bond acceptors (Lipinski definition) is 4. The van der Waals surface area contributed by atoms with E-state index in [1.165, 1.54) is 11.3 Å². The van der Waals surface area contributed by atoms with Gasteiger partial charge in [0.05, 0.1) is 34.2 Å². The molecule has 0 aliphatic carbocycles. The molecule has 1 atom stereocenters. The Balaban J connectivity index is 1.35. The zero-order valence-electron chi connectivity index (χ0n) is 17.7. The fourth-order valence-corrected chi connectivity index (χ4v) is 4.90. The summed E-state index contributed by atoms with van der Waals surface area (Å²) in [6, 6.07) is 25.3. The number of H-pyrrole nitrogens is 1. The van der Waals surface area contributed by atoms with Crippen LogP contribution in [0.4, 0.5) is 0 Å². The summed E-state index contributed by atoms with van der Waals surface area (Å²) >= 11 is 7.78. The maximum Gasteiger partial charge on any atom is 0.226 e. The summed E-state index contributed by atoms with van der Waals surface area (Å²) in [5.74, 6) is 0.635. The van der Waals surface area contributed by atoms with Gasteiger partial charge in [-0.3, -0.25) is 4.79 Å². The van der Waals surface area contributed by atoms with E-state index in [-0.39, 0.29) is 18.4 Å². The smallest absolute Gasteiger partial charge is 0.226 e. The van der Waals surface area contributed by atoms with Crippen LogP contribution < -0.4 is 5.32 Å². The number of amides is 1. The molecule has 33 heavy (non-hydrogen) atoms. The van der Waals surface area contributed by atoms with E-state index in [4.69, 9.17) is 16.6 Å². The summed E-state index contributed by atoms with van der Waals surface area (Å²) in [4.78, 5) is 25.7. The summed E-state index contributed by atoms with van der Waals surface area (Å²) in [5.41, 5.74) is 4.54. The van der Waals surface area contributed by atoms with Gasteiger partial charge in [0.2, 0.25) is 5.91 Å². The molecule has 0 spiro atoms. The number of carbonyl (C=O) groups excluding carboxylic acids is 1. The first kappa shape index (κ1) is 21.4. The monoisotopic (exact) mass is 472 g/mol. The lowest BCUT2D eigenvalue weighted by Crippen LogP contribution is -2.32. The maximum atomic E-state index is 13.0. The van der Waals surface area contributed by atoms with Gasteiger partial charge < -0.3 is 10.3 Å². The minimum Gasteiger partial charge on any atom is -0.345 e. The van der Waals surface area contributed by atoms with Crippen LogP contribution in [0.1, 0.15) is 23.1 Å². The molecule has 0 saturated heterocycles. The fraction of sp³-hybridized carbons (Fsp3) is 0.115. The fourth-order valence-electron chi connectivity index (χ4n) is 3.76. The zero-order chi connectivity index (χ0) is 22.6. The van der Waals surface area contributed by atoms with Crippen LogP contribution in [0.3, 0.4) is 0 Å². The molecular formula is C26H21ClN4OS. The van der Waals surface area contributed by atoms with Gasteiger partial charge in [-0.05, 0) is 30.2 Å². The van der Waals surface area contributed by atoms with Crippen molar-refractivity contribution < 1.29 is 4.79 Å². The molecular weight excluding hydrogens is 452 g/mol. The second-order valence-corrected chi connectivity index (χ2v) is 9.01. The van der Waals surface area contributed by atoms with Gasteiger partial charge in [-0.1, -0.05) is 72.3 Å².